The molecule has 1 aromatic heterocycles. The van der Waals surface area contributed by atoms with Crippen molar-refractivity contribution in [2.45, 2.75) is 32.2 Å². The number of hydrogen-bond donors (Lipinski definition) is 3. The molecule has 2 amide bonds. The van der Waals surface area contributed by atoms with Gasteiger partial charge in [-0.3, -0.25) is 15.2 Å². The Labute approximate surface area is 143 Å². The maximum Gasteiger partial charge on any atom is 0.319 e. The summed E-state index contributed by atoms with van der Waals surface area (Å²) in [5, 5.41) is 23.4. The van der Waals surface area contributed by atoms with E-state index in [0.717, 1.165) is 30.5 Å². The summed E-state index contributed by atoms with van der Waals surface area (Å²) in [6.07, 6.45) is 4.47. The van der Waals surface area contributed by atoms with Gasteiger partial charge in [0.25, 0.3) is 5.69 Å². The van der Waals surface area contributed by atoms with Gasteiger partial charge in [0, 0.05) is 12.1 Å². The number of nitro benzene ring substituents is 1. The number of nitro groups is 1. The van der Waals surface area contributed by atoms with E-state index in [4.69, 9.17) is 4.74 Å². The second-order valence-corrected chi connectivity index (χ2v) is 5.72. The van der Waals surface area contributed by atoms with Crippen molar-refractivity contribution >= 4 is 17.4 Å². The molecule has 132 valence electrons. The highest BCUT2D eigenvalue weighted by atomic mass is 16.6. The molecule has 9 heteroatoms. The van der Waals surface area contributed by atoms with E-state index in [-0.39, 0.29) is 17.4 Å². The number of fused-ring (bicyclic) bond motifs is 1. The van der Waals surface area contributed by atoms with Gasteiger partial charge < -0.3 is 15.4 Å². The fraction of sp³-hybridized carbons (Fsp3) is 0.375. The molecule has 0 unspecified atom stereocenters. The summed E-state index contributed by atoms with van der Waals surface area (Å²) in [5.74, 6) is 0.383. The molecule has 25 heavy (non-hydrogen) atoms. The van der Waals surface area contributed by atoms with Crippen LogP contribution in [0.4, 0.5) is 16.2 Å². The Balaban J connectivity index is 1.74. The average molecular weight is 345 g/mol. The number of aromatic amines is 1. The van der Waals surface area contributed by atoms with E-state index >= 15 is 0 Å². The topological polar surface area (TPSA) is 122 Å². The zero-order valence-electron chi connectivity index (χ0n) is 13.7. The lowest BCUT2D eigenvalue weighted by Gasteiger charge is -2.23. The molecule has 1 heterocycles. The largest absolute Gasteiger partial charge is 0.492 e. The fourth-order valence-corrected chi connectivity index (χ4v) is 2.93. The Morgan fingerprint density at radius 2 is 2.36 bits per heavy atom. The molecule has 0 spiro atoms. The number of carbonyl (C=O) groups excluding carboxylic acids is 1. The number of nitrogens with zero attached hydrogens (tertiary/aromatic N) is 2. The minimum Gasteiger partial charge on any atom is -0.492 e. The summed E-state index contributed by atoms with van der Waals surface area (Å²) in [6, 6.07) is 3.48. The van der Waals surface area contributed by atoms with Gasteiger partial charge in [-0.05, 0) is 37.8 Å². The molecule has 1 atom stereocenters. The minimum atomic E-state index is -0.517. The molecule has 0 saturated carbocycles. The van der Waals surface area contributed by atoms with Gasteiger partial charge in [-0.2, -0.15) is 5.10 Å². The first-order chi connectivity index (χ1) is 12.1. The number of H-pyrrole nitrogens is 1. The van der Waals surface area contributed by atoms with Crippen LogP contribution < -0.4 is 15.4 Å². The van der Waals surface area contributed by atoms with Crippen LogP contribution >= 0.6 is 0 Å². The maximum absolute atomic E-state index is 12.4. The summed E-state index contributed by atoms with van der Waals surface area (Å²) in [4.78, 5) is 22.8. The van der Waals surface area contributed by atoms with Crippen molar-refractivity contribution in [1.29, 1.82) is 0 Å². The molecule has 0 saturated heterocycles. The second-order valence-electron chi connectivity index (χ2n) is 5.72. The highest BCUT2D eigenvalue weighted by molar-refractivity contribution is 5.91. The molecule has 0 bridgehead atoms. The average Bonchev–Trinajstić information content (AvgIpc) is 3.06. The predicted molar refractivity (Wildman–Crippen MR) is 90.7 cm³/mol. The monoisotopic (exact) mass is 345 g/mol. The van der Waals surface area contributed by atoms with E-state index in [1.807, 2.05) is 0 Å². The van der Waals surface area contributed by atoms with Gasteiger partial charge in [-0.25, -0.2) is 4.79 Å². The highest BCUT2D eigenvalue weighted by Gasteiger charge is 2.24. The SMILES string of the molecule is CCOc1ccc([N+](=O)[O-])cc1NC(=O)N[C@H]1CCCc2cn[nH]c21. The van der Waals surface area contributed by atoms with Crippen molar-refractivity contribution < 1.29 is 14.5 Å². The second kappa shape index (κ2) is 7.20. The molecule has 1 aromatic carbocycles. The minimum absolute atomic E-state index is 0.118. The van der Waals surface area contributed by atoms with E-state index in [1.54, 1.807) is 13.1 Å². The maximum atomic E-state index is 12.4. The number of aromatic nitrogens is 2. The summed E-state index contributed by atoms with van der Waals surface area (Å²) in [5.41, 5.74) is 2.15. The zero-order valence-corrected chi connectivity index (χ0v) is 13.7. The first-order valence-corrected chi connectivity index (χ1v) is 8.09. The summed E-state index contributed by atoms with van der Waals surface area (Å²) >= 11 is 0. The number of non-ortho nitro benzene ring substituents is 1. The summed E-state index contributed by atoms with van der Waals surface area (Å²) in [6.45, 7) is 2.18. The zero-order chi connectivity index (χ0) is 17.8. The number of nitrogens with one attached hydrogen (secondary N) is 3. The van der Waals surface area contributed by atoms with Crippen LogP contribution in [-0.2, 0) is 6.42 Å². The third-order valence-electron chi connectivity index (χ3n) is 4.07. The van der Waals surface area contributed by atoms with Crippen LogP contribution in [0, 0.1) is 10.1 Å². The van der Waals surface area contributed by atoms with Gasteiger partial charge in [0.1, 0.15) is 5.75 Å². The van der Waals surface area contributed by atoms with Crippen molar-refractivity contribution in [2.75, 3.05) is 11.9 Å². The molecule has 9 nitrogen and oxygen atoms in total. The van der Waals surface area contributed by atoms with E-state index in [9.17, 15) is 14.9 Å². The van der Waals surface area contributed by atoms with E-state index in [2.05, 4.69) is 20.8 Å². The molecule has 3 rings (SSSR count). The van der Waals surface area contributed by atoms with E-state index < -0.39 is 11.0 Å². The molecule has 1 aliphatic carbocycles. The van der Waals surface area contributed by atoms with Crippen molar-refractivity contribution in [3.8, 4) is 5.75 Å². The van der Waals surface area contributed by atoms with Gasteiger partial charge in [0.2, 0.25) is 0 Å². The molecule has 3 N–H and O–H groups in total. The van der Waals surface area contributed by atoms with Crippen LogP contribution in [0.1, 0.15) is 37.1 Å². The standard InChI is InChI=1S/C16H19N5O4/c1-2-25-14-7-6-11(21(23)24)8-13(14)19-16(22)18-12-5-3-4-10-9-17-20-15(10)12/h6-9,12H,2-5H2,1H3,(H,17,20)(H2,18,19,22)/t12-/m0/s1. The van der Waals surface area contributed by atoms with Crippen LogP contribution in [-0.4, -0.2) is 27.8 Å². The number of rotatable bonds is 5. The summed E-state index contributed by atoms with van der Waals surface area (Å²) in [7, 11) is 0. The Hall–Kier alpha value is -3.10. The molecule has 2 aromatic rings. The lowest BCUT2D eigenvalue weighted by atomic mass is 9.94. The third kappa shape index (κ3) is 3.70. The van der Waals surface area contributed by atoms with Gasteiger partial charge in [0.05, 0.1) is 35.2 Å². The van der Waals surface area contributed by atoms with Crippen LogP contribution in [0.5, 0.6) is 5.75 Å². The number of ether oxygens (including phenoxy) is 1. The van der Waals surface area contributed by atoms with Crippen LogP contribution in [0.2, 0.25) is 0 Å². The van der Waals surface area contributed by atoms with Crippen molar-refractivity contribution in [2.24, 2.45) is 0 Å². The molecule has 0 fully saturated rings. The third-order valence-corrected chi connectivity index (χ3v) is 4.07. The molecule has 1 aliphatic rings. The smallest absolute Gasteiger partial charge is 0.319 e. The molecule has 0 aliphatic heterocycles. The summed E-state index contributed by atoms with van der Waals surface area (Å²) < 4.78 is 5.43. The van der Waals surface area contributed by atoms with Gasteiger partial charge in [-0.15, -0.1) is 0 Å². The van der Waals surface area contributed by atoms with Crippen LogP contribution in [0.3, 0.4) is 0 Å². The lowest BCUT2D eigenvalue weighted by Crippen LogP contribution is -2.34. The highest BCUT2D eigenvalue weighted by Crippen LogP contribution is 2.30. The number of urea groups is 1. The van der Waals surface area contributed by atoms with Gasteiger partial charge >= 0.3 is 6.03 Å². The first kappa shape index (κ1) is 16.7. The van der Waals surface area contributed by atoms with E-state index in [0.29, 0.717) is 12.4 Å². The number of anilines is 1. The predicted octanol–water partition coefficient (Wildman–Crippen LogP) is 2.92. The molecular weight excluding hydrogens is 326 g/mol. The Bertz CT molecular complexity index is 789. The number of carbonyl (C=O) groups is 1. The first-order valence-electron chi connectivity index (χ1n) is 8.09. The normalized spacial score (nSPS) is 16.0. The fourth-order valence-electron chi connectivity index (χ4n) is 2.93. The van der Waals surface area contributed by atoms with Gasteiger partial charge in [-0.1, -0.05) is 0 Å². The van der Waals surface area contributed by atoms with Crippen LogP contribution in [0.15, 0.2) is 24.4 Å². The van der Waals surface area contributed by atoms with Crippen molar-refractivity contribution in [3.05, 3.63) is 45.8 Å². The van der Waals surface area contributed by atoms with Crippen molar-refractivity contribution in [3.63, 3.8) is 0 Å². The Kier molecular flexibility index (Phi) is 4.82. The van der Waals surface area contributed by atoms with Gasteiger partial charge in [0.15, 0.2) is 0 Å². The number of aryl methyl sites for hydroxylation is 1. The Morgan fingerprint density at radius 1 is 1.52 bits per heavy atom. The number of hydrogen-bond acceptors (Lipinski definition) is 5. The molecule has 0 radical (unpaired) electrons. The lowest BCUT2D eigenvalue weighted by molar-refractivity contribution is -0.384. The van der Waals surface area contributed by atoms with E-state index in [1.165, 1.54) is 18.2 Å². The number of benzene rings is 1. The van der Waals surface area contributed by atoms with Crippen molar-refractivity contribution in [1.82, 2.24) is 15.5 Å². The number of amides is 2. The quantitative estimate of drug-likeness (QED) is 0.568. The van der Waals surface area contributed by atoms with Crippen LogP contribution in [0.25, 0.3) is 0 Å². The molecular formula is C16H19N5O4. The Morgan fingerprint density at radius 3 is 3.12 bits per heavy atom.